The number of nitrogens with one attached hydrogen (secondary N) is 2. The highest BCUT2D eigenvalue weighted by molar-refractivity contribution is 5.89. The normalized spacial score (nSPS) is 16.0. The first-order valence-corrected chi connectivity index (χ1v) is 11.1. The molecule has 0 fully saturated rings. The van der Waals surface area contributed by atoms with E-state index < -0.39 is 36.2 Å². The van der Waals surface area contributed by atoms with Crippen LogP contribution in [0.1, 0.15) is 44.2 Å². The Balaban J connectivity index is 1.69. The summed E-state index contributed by atoms with van der Waals surface area (Å²) in [5.74, 6) is -2.45. The molecule has 0 saturated carbocycles. The van der Waals surface area contributed by atoms with Crippen LogP contribution in [-0.2, 0) is 14.3 Å². The molecule has 0 bridgehead atoms. The third-order valence-corrected chi connectivity index (χ3v) is 6.16. The van der Waals surface area contributed by atoms with E-state index in [0.29, 0.717) is 6.42 Å². The summed E-state index contributed by atoms with van der Waals surface area (Å²) in [6.07, 6.45) is -1.49. The van der Waals surface area contributed by atoms with Crippen LogP contribution in [0.25, 0.3) is 11.1 Å². The molecule has 0 aromatic heterocycles. The van der Waals surface area contributed by atoms with Crippen LogP contribution in [0.3, 0.4) is 0 Å². The van der Waals surface area contributed by atoms with Crippen molar-refractivity contribution in [3.63, 3.8) is 0 Å². The van der Waals surface area contributed by atoms with Gasteiger partial charge in [0.05, 0.1) is 6.10 Å². The number of fused-ring (bicyclic) bond motifs is 3. The van der Waals surface area contributed by atoms with Gasteiger partial charge in [-0.15, -0.1) is 0 Å². The van der Waals surface area contributed by atoms with Gasteiger partial charge in [0.2, 0.25) is 5.91 Å². The van der Waals surface area contributed by atoms with Gasteiger partial charge >= 0.3 is 12.1 Å². The van der Waals surface area contributed by atoms with Crippen molar-refractivity contribution in [3.05, 3.63) is 59.7 Å². The van der Waals surface area contributed by atoms with E-state index in [1.165, 1.54) is 6.92 Å². The molecule has 0 heterocycles. The summed E-state index contributed by atoms with van der Waals surface area (Å²) in [4.78, 5) is 36.7. The molecule has 0 unspecified atom stereocenters. The number of alkyl carbamates (subject to hydrolysis) is 1. The van der Waals surface area contributed by atoms with E-state index in [1.807, 2.05) is 55.5 Å². The number of aliphatic carboxylic acids is 1. The number of carbonyl (C=O) groups excluding carboxylic acids is 2. The molecular formula is C25H30N2O6. The lowest BCUT2D eigenvalue weighted by Gasteiger charge is -2.26. The van der Waals surface area contributed by atoms with Crippen LogP contribution in [0.5, 0.6) is 0 Å². The van der Waals surface area contributed by atoms with Crippen LogP contribution in [0.4, 0.5) is 4.79 Å². The lowest BCUT2D eigenvalue weighted by atomic mass is 9.97. The molecule has 176 valence electrons. The number of ether oxygens (including phenoxy) is 1. The predicted octanol–water partition coefficient (Wildman–Crippen LogP) is 2.89. The first-order chi connectivity index (χ1) is 15.7. The fraction of sp³-hybridized carbons (Fsp3) is 0.400. The Hall–Kier alpha value is -3.39. The lowest BCUT2D eigenvalue weighted by molar-refractivity contribution is -0.145. The number of rotatable bonds is 9. The molecule has 0 spiro atoms. The Morgan fingerprint density at radius 2 is 1.48 bits per heavy atom. The van der Waals surface area contributed by atoms with Gasteiger partial charge in [-0.25, -0.2) is 9.59 Å². The van der Waals surface area contributed by atoms with Crippen molar-refractivity contribution in [1.29, 1.82) is 0 Å². The zero-order valence-electron chi connectivity index (χ0n) is 18.9. The van der Waals surface area contributed by atoms with Crippen molar-refractivity contribution in [3.8, 4) is 11.1 Å². The Labute approximate surface area is 193 Å². The molecule has 0 aliphatic heterocycles. The van der Waals surface area contributed by atoms with Crippen molar-refractivity contribution >= 4 is 18.0 Å². The van der Waals surface area contributed by atoms with Gasteiger partial charge in [0.15, 0.2) is 6.04 Å². The monoisotopic (exact) mass is 454 g/mol. The minimum atomic E-state index is -1.48. The molecule has 2 aromatic carbocycles. The van der Waals surface area contributed by atoms with Crippen molar-refractivity contribution in [2.75, 3.05) is 6.61 Å². The number of carbonyl (C=O) groups is 3. The van der Waals surface area contributed by atoms with Crippen LogP contribution in [0.15, 0.2) is 48.5 Å². The second-order valence-corrected chi connectivity index (χ2v) is 8.40. The van der Waals surface area contributed by atoms with Gasteiger partial charge in [-0.3, -0.25) is 4.79 Å². The molecule has 33 heavy (non-hydrogen) atoms. The summed E-state index contributed by atoms with van der Waals surface area (Å²) in [7, 11) is 0. The molecule has 2 amide bonds. The van der Waals surface area contributed by atoms with E-state index >= 15 is 0 Å². The maximum atomic E-state index is 12.7. The molecule has 1 aliphatic rings. The maximum Gasteiger partial charge on any atom is 0.407 e. The van der Waals surface area contributed by atoms with Gasteiger partial charge in [0.1, 0.15) is 12.6 Å². The quantitative estimate of drug-likeness (QED) is 0.462. The number of aliphatic hydroxyl groups excluding tert-OH is 1. The van der Waals surface area contributed by atoms with Crippen LogP contribution >= 0.6 is 0 Å². The summed E-state index contributed by atoms with van der Waals surface area (Å²) >= 11 is 0. The van der Waals surface area contributed by atoms with Crippen molar-refractivity contribution in [1.82, 2.24) is 10.6 Å². The van der Waals surface area contributed by atoms with Gasteiger partial charge in [-0.2, -0.15) is 0 Å². The SMILES string of the molecule is CC[C@H](C)[C@H](NC(=O)OCC1c2ccccc2-c2ccccc21)C(=O)N[C@H](C(=O)O)[C@@H](C)O. The van der Waals surface area contributed by atoms with Crippen LogP contribution in [0, 0.1) is 5.92 Å². The molecule has 0 radical (unpaired) electrons. The van der Waals surface area contributed by atoms with E-state index in [4.69, 9.17) is 4.74 Å². The van der Waals surface area contributed by atoms with Crippen LogP contribution in [-0.4, -0.2) is 53.0 Å². The molecule has 1 aliphatic carbocycles. The second kappa shape index (κ2) is 10.5. The Bertz CT molecular complexity index is 976. The molecule has 8 heteroatoms. The highest BCUT2D eigenvalue weighted by atomic mass is 16.5. The van der Waals surface area contributed by atoms with E-state index in [9.17, 15) is 24.6 Å². The minimum Gasteiger partial charge on any atom is -0.480 e. The fourth-order valence-electron chi connectivity index (χ4n) is 4.10. The molecule has 4 N–H and O–H groups in total. The van der Waals surface area contributed by atoms with Gasteiger partial charge in [0.25, 0.3) is 0 Å². The zero-order valence-corrected chi connectivity index (χ0v) is 18.9. The molecule has 0 saturated heterocycles. The lowest BCUT2D eigenvalue weighted by Crippen LogP contribution is -2.56. The van der Waals surface area contributed by atoms with E-state index in [-0.39, 0.29) is 18.4 Å². The zero-order chi connectivity index (χ0) is 24.1. The molecule has 2 aromatic rings. The molecular weight excluding hydrogens is 424 g/mol. The highest BCUT2D eigenvalue weighted by Gasteiger charge is 2.33. The van der Waals surface area contributed by atoms with E-state index in [2.05, 4.69) is 10.6 Å². The van der Waals surface area contributed by atoms with Crippen molar-refractivity contribution < 1.29 is 29.3 Å². The number of carboxylic acids is 1. The summed E-state index contributed by atoms with van der Waals surface area (Å²) in [5, 5.41) is 23.8. The first kappa shape index (κ1) is 24.3. The highest BCUT2D eigenvalue weighted by Crippen LogP contribution is 2.44. The smallest absolute Gasteiger partial charge is 0.407 e. The Morgan fingerprint density at radius 3 is 1.97 bits per heavy atom. The second-order valence-electron chi connectivity index (χ2n) is 8.40. The summed E-state index contributed by atoms with van der Waals surface area (Å²) in [5.41, 5.74) is 4.36. The van der Waals surface area contributed by atoms with Gasteiger partial charge in [0, 0.05) is 5.92 Å². The third-order valence-electron chi connectivity index (χ3n) is 6.16. The summed E-state index contributed by atoms with van der Waals surface area (Å²) in [6.45, 7) is 5.00. The van der Waals surface area contributed by atoms with Crippen LogP contribution < -0.4 is 10.6 Å². The number of carboxylic acid groups (broad SMARTS) is 1. The van der Waals surface area contributed by atoms with Crippen molar-refractivity contribution in [2.45, 2.75) is 51.3 Å². The number of hydrogen-bond acceptors (Lipinski definition) is 5. The Kier molecular flexibility index (Phi) is 7.71. The minimum absolute atomic E-state index is 0.0974. The van der Waals surface area contributed by atoms with Gasteiger partial charge < -0.3 is 25.6 Å². The summed E-state index contributed by atoms with van der Waals surface area (Å²) in [6, 6.07) is 13.5. The molecule has 4 atom stereocenters. The molecule has 3 rings (SSSR count). The standard InChI is InChI=1S/C25H30N2O6/c1-4-14(2)21(23(29)26-22(15(3)28)24(30)31)27-25(32)33-13-20-18-11-7-5-9-16(18)17-10-6-8-12-19(17)20/h5-12,14-15,20-22,28H,4,13H2,1-3H3,(H,26,29)(H,27,32)(H,30,31)/t14-,15+,21-,22-/m0/s1. The van der Waals surface area contributed by atoms with E-state index in [1.54, 1.807) is 6.92 Å². The summed E-state index contributed by atoms with van der Waals surface area (Å²) < 4.78 is 5.52. The van der Waals surface area contributed by atoms with E-state index in [0.717, 1.165) is 22.3 Å². The first-order valence-electron chi connectivity index (χ1n) is 11.1. The number of amides is 2. The van der Waals surface area contributed by atoms with Crippen LogP contribution in [0.2, 0.25) is 0 Å². The van der Waals surface area contributed by atoms with Gasteiger partial charge in [-0.1, -0.05) is 68.8 Å². The molecule has 8 nitrogen and oxygen atoms in total. The Morgan fingerprint density at radius 1 is 0.939 bits per heavy atom. The predicted molar refractivity (Wildman–Crippen MR) is 123 cm³/mol. The largest absolute Gasteiger partial charge is 0.480 e. The number of benzene rings is 2. The number of hydrogen-bond donors (Lipinski definition) is 4. The topological polar surface area (TPSA) is 125 Å². The van der Waals surface area contributed by atoms with Crippen molar-refractivity contribution in [2.24, 2.45) is 5.92 Å². The maximum absolute atomic E-state index is 12.7. The number of aliphatic hydroxyl groups is 1. The third kappa shape index (κ3) is 5.34. The van der Waals surface area contributed by atoms with Gasteiger partial charge in [-0.05, 0) is 35.1 Å². The average Bonchev–Trinajstić information content (AvgIpc) is 3.12. The average molecular weight is 455 g/mol. The fourth-order valence-corrected chi connectivity index (χ4v) is 4.10.